The van der Waals surface area contributed by atoms with E-state index in [1.54, 1.807) is 9.13 Å². The second-order valence-corrected chi connectivity index (χ2v) is 5.84. The summed E-state index contributed by atoms with van der Waals surface area (Å²) in [7, 11) is 0. The fraction of sp³-hybridized carbons (Fsp3) is 0.294. The molecule has 0 radical (unpaired) electrons. The third kappa shape index (κ3) is 2.46. The number of hydrogen-bond acceptors (Lipinski definition) is 3. The van der Waals surface area contributed by atoms with Gasteiger partial charge in [-0.05, 0) is 39.0 Å². The highest BCUT2D eigenvalue weighted by molar-refractivity contribution is 5.99. The van der Waals surface area contributed by atoms with Crippen molar-refractivity contribution >= 4 is 22.5 Å². The van der Waals surface area contributed by atoms with Crippen molar-refractivity contribution in [1.29, 1.82) is 0 Å². The van der Waals surface area contributed by atoms with Gasteiger partial charge in [-0.1, -0.05) is 6.07 Å². The number of nitrogens with zero attached hydrogens (tertiary/aromatic N) is 2. The quantitative estimate of drug-likeness (QED) is 0.728. The van der Waals surface area contributed by atoms with Crippen LogP contribution in [0.1, 0.15) is 28.3 Å². The Morgan fingerprint density at radius 1 is 1.26 bits per heavy atom. The maximum atomic E-state index is 12.7. The second kappa shape index (κ2) is 5.46. The van der Waals surface area contributed by atoms with Gasteiger partial charge in [-0.25, -0.2) is 4.79 Å². The number of carbonyl (C=O) groups is 1. The van der Waals surface area contributed by atoms with Gasteiger partial charge in [0.15, 0.2) is 0 Å². The summed E-state index contributed by atoms with van der Waals surface area (Å²) in [6.07, 6.45) is 0.247. The molecule has 3 N–H and O–H groups in total. The Balaban J connectivity index is 1.91. The Bertz CT molecular complexity index is 959. The number of aryl methyl sites for hydroxylation is 2. The van der Waals surface area contributed by atoms with E-state index < -0.39 is 0 Å². The molecule has 2 aromatic heterocycles. The predicted octanol–water partition coefficient (Wildman–Crippen LogP) is 2.37. The largest absolute Gasteiger partial charge is 0.398 e. The summed E-state index contributed by atoms with van der Waals surface area (Å²) < 4.78 is 3.27. The lowest BCUT2D eigenvalue weighted by atomic mass is 10.2. The predicted molar refractivity (Wildman–Crippen MR) is 90.9 cm³/mol. The molecule has 23 heavy (non-hydrogen) atoms. The van der Waals surface area contributed by atoms with Crippen LogP contribution in [0.15, 0.2) is 29.1 Å². The van der Waals surface area contributed by atoms with Gasteiger partial charge in [0.05, 0.1) is 5.52 Å². The highest BCUT2D eigenvalue weighted by Gasteiger charge is 2.15. The first-order chi connectivity index (χ1) is 10.9. The van der Waals surface area contributed by atoms with E-state index in [0.717, 1.165) is 28.0 Å². The molecular weight excluding hydrogens is 292 g/mol. The Kier molecular flexibility index (Phi) is 3.60. The Morgan fingerprint density at radius 2 is 2.00 bits per heavy atom. The van der Waals surface area contributed by atoms with E-state index in [1.807, 2.05) is 45.0 Å². The molecule has 0 spiro atoms. The number of aromatic amines is 1. The van der Waals surface area contributed by atoms with Gasteiger partial charge in [-0.2, -0.15) is 0 Å². The van der Waals surface area contributed by atoms with Crippen LogP contribution in [0.4, 0.5) is 5.69 Å². The normalized spacial score (nSPS) is 11.3. The van der Waals surface area contributed by atoms with Gasteiger partial charge in [0, 0.05) is 41.1 Å². The molecule has 0 aliphatic rings. The average molecular weight is 312 g/mol. The van der Waals surface area contributed by atoms with Crippen LogP contribution >= 0.6 is 0 Å². The summed E-state index contributed by atoms with van der Waals surface area (Å²) in [6.45, 7) is 5.96. The van der Waals surface area contributed by atoms with Crippen molar-refractivity contribution < 1.29 is 4.79 Å². The fourth-order valence-corrected chi connectivity index (χ4v) is 2.98. The maximum absolute atomic E-state index is 12.7. The van der Waals surface area contributed by atoms with E-state index in [9.17, 15) is 9.59 Å². The molecule has 120 valence electrons. The number of fused-ring (bicyclic) bond motifs is 1. The first-order valence-corrected chi connectivity index (χ1v) is 7.56. The number of anilines is 1. The molecule has 6 nitrogen and oxygen atoms in total. The first-order valence-electron chi connectivity index (χ1n) is 7.56. The van der Waals surface area contributed by atoms with Gasteiger partial charge < -0.3 is 10.7 Å². The number of carbonyl (C=O) groups excluding carboxylic acids is 1. The summed E-state index contributed by atoms with van der Waals surface area (Å²) >= 11 is 0. The molecule has 3 aromatic rings. The first kappa shape index (κ1) is 15.1. The Hall–Kier alpha value is -2.76. The summed E-state index contributed by atoms with van der Waals surface area (Å²) in [4.78, 5) is 27.3. The number of nitrogens with one attached hydrogen (secondary N) is 1. The Labute approximate surface area is 133 Å². The smallest absolute Gasteiger partial charge is 0.325 e. The van der Waals surface area contributed by atoms with Crippen molar-refractivity contribution in [3.8, 4) is 0 Å². The number of H-pyrrole nitrogens is 1. The lowest BCUT2D eigenvalue weighted by molar-refractivity contribution is 0.0899. The van der Waals surface area contributed by atoms with E-state index in [1.165, 1.54) is 0 Å². The summed E-state index contributed by atoms with van der Waals surface area (Å²) in [5.74, 6) is -0.0479. The lowest BCUT2D eigenvalue weighted by Crippen LogP contribution is -2.22. The van der Waals surface area contributed by atoms with Crippen LogP contribution in [0.3, 0.4) is 0 Å². The van der Waals surface area contributed by atoms with Crippen molar-refractivity contribution in [3.63, 3.8) is 0 Å². The number of hydrogen-bond donors (Lipinski definition) is 2. The number of benzene rings is 1. The molecule has 0 atom stereocenters. The van der Waals surface area contributed by atoms with Gasteiger partial charge >= 0.3 is 5.69 Å². The van der Waals surface area contributed by atoms with E-state index in [0.29, 0.717) is 12.2 Å². The van der Waals surface area contributed by atoms with Gasteiger partial charge in [0.2, 0.25) is 5.91 Å². The topological polar surface area (TPSA) is 85.8 Å². The molecular formula is C17H20N4O2. The third-order valence-electron chi connectivity index (χ3n) is 4.35. The van der Waals surface area contributed by atoms with Crippen LogP contribution in [-0.4, -0.2) is 20.0 Å². The van der Waals surface area contributed by atoms with E-state index in [2.05, 4.69) is 4.98 Å². The van der Waals surface area contributed by atoms with Crippen molar-refractivity contribution in [3.05, 3.63) is 51.8 Å². The standard InChI is InChI=1S/C17H20N4O2/c1-10-9-13-14(18)5-4-6-15(13)21(10)16(22)7-8-20-12(3)11(2)19-17(20)23/h4-6,9H,7-8,18H2,1-3H3,(H,19,23). The van der Waals surface area contributed by atoms with Gasteiger partial charge in [-0.15, -0.1) is 0 Å². The van der Waals surface area contributed by atoms with Crippen LogP contribution in [0, 0.1) is 20.8 Å². The number of imidazole rings is 1. The summed E-state index contributed by atoms with van der Waals surface area (Å²) in [5, 5.41) is 0.879. The number of nitrogens with two attached hydrogens (primary N) is 1. The zero-order valence-electron chi connectivity index (χ0n) is 13.5. The van der Waals surface area contributed by atoms with Crippen molar-refractivity contribution in [1.82, 2.24) is 14.1 Å². The van der Waals surface area contributed by atoms with Gasteiger partial charge in [-0.3, -0.25) is 13.9 Å². The van der Waals surface area contributed by atoms with Crippen molar-refractivity contribution in [2.45, 2.75) is 33.7 Å². The zero-order valence-corrected chi connectivity index (χ0v) is 13.5. The maximum Gasteiger partial charge on any atom is 0.325 e. The molecule has 6 heteroatoms. The molecule has 0 aliphatic heterocycles. The highest BCUT2D eigenvalue weighted by Crippen LogP contribution is 2.25. The van der Waals surface area contributed by atoms with E-state index >= 15 is 0 Å². The zero-order chi connectivity index (χ0) is 16.7. The SMILES string of the molecule is Cc1[nH]c(=O)n(CCC(=O)n2c(C)cc3c(N)cccc32)c1C. The summed E-state index contributed by atoms with van der Waals surface area (Å²) in [6, 6.07) is 7.46. The van der Waals surface area contributed by atoms with Crippen LogP contribution in [0.25, 0.3) is 10.9 Å². The lowest BCUT2D eigenvalue weighted by Gasteiger charge is -2.08. The molecule has 0 aliphatic carbocycles. The fourth-order valence-electron chi connectivity index (χ4n) is 2.98. The molecule has 2 heterocycles. The minimum Gasteiger partial charge on any atom is -0.398 e. The van der Waals surface area contributed by atoms with E-state index in [4.69, 9.17) is 5.73 Å². The number of nitrogen functional groups attached to an aromatic ring is 1. The monoisotopic (exact) mass is 312 g/mol. The number of rotatable bonds is 3. The van der Waals surface area contributed by atoms with Gasteiger partial charge in [0.1, 0.15) is 0 Å². The molecule has 0 bridgehead atoms. The third-order valence-corrected chi connectivity index (χ3v) is 4.35. The minimum absolute atomic E-state index is 0.0479. The molecule has 0 saturated carbocycles. The molecule has 0 fully saturated rings. The van der Waals surface area contributed by atoms with Crippen molar-refractivity contribution in [2.24, 2.45) is 0 Å². The van der Waals surface area contributed by atoms with Crippen LogP contribution in [-0.2, 0) is 6.54 Å². The summed E-state index contributed by atoms with van der Waals surface area (Å²) in [5.41, 5.74) is 9.80. The molecule has 3 rings (SSSR count). The van der Waals surface area contributed by atoms with Crippen molar-refractivity contribution in [2.75, 3.05) is 5.73 Å². The van der Waals surface area contributed by atoms with Crippen LogP contribution < -0.4 is 11.4 Å². The molecule has 1 aromatic carbocycles. The van der Waals surface area contributed by atoms with Crippen LogP contribution in [0.2, 0.25) is 0 Å². The number of aromatic nitrogens is 3. The molecule has 0 saturated heterocycles. The van der Waals surface area contributed by atoms with E-state index in [-0.39, 0.29) is 18.0 Å². The highest BCUT2D eigenvalue weighted by atomic mass is 16.2. The molecule has 0 unspecified atom stereocenters. The van der Waals surface area contributed by atoms with Crippen LogP contribution in [0.5, 0.6) is 0 Å². The Morgan fingerprint density at radius 3 is 2.65 bits per heavy atom. The second-order valence-electron chi connectivity index (χ2n) is 5.84. The molecule has 0 amide bonds. The average Bonchev–Trinajstić information content (AvgIpc) is 2.95. The minimum atomic E-state index is -0.175. The van der Waals surface area contributed by atoms with Gasteiger partial charge in [0.25, 0.3) is 0 Å².